The number of nitro groups is 1. The minimum atomic E-state index is -5.19. The van der Waals surface area contributed by atoms with Gasteiger partial charge in [0.2, 0.25) is 11.7 Å². The van der Waals surface area contributed by atoms with Crippen LogP contribution in [0.2, 0.25) is 0 Å². The maximum atomic E-state index is 13.1. The number of alkyl halides is 6. The van der Waals surface area contributed by atoms with Gasteiger partial charge in [0, 0.05) is 12.5 Å². The molecule has 0 spiro atoms. The first-order chi connectivity index (χ1) is 11.4. The number of hydrogen-bond acceptors (Lipinski definition) is 4. The van der Waals surface area contributed by atoms with Gasteiger partial charge in [0.1, 0.15) is 0 Å². The lowest BCUT2D eigenvalue weighted by Gasteiger charge is -2.10. The highest BCUT2D eigenvalue weighted by atomic mass is 19.4. The Hall–Kier alpha value is -2.66. The maximum absolute atomic E-state index is 13.1. The average Bonchev–Trinajstić information content (AvgIpc) is 2.84. The lowest BCUT2D eigenvalue weighted by Crippen LogP contribution is -2.21. The van der Waals surface area contributed by atoms with Gasteiger partial charge in [-0.3, -0.25) is 19.5 Å². The molecule has 0 aliphatic heterocycles. The fourth-order valence-corrected chi connectivity index (χ4v) is 2.25. The Morgan fingerprint density at radius 2 is 1.80 bits per heavy atom. The van der Waals surface area contributed by atoms with E-state index in [-0.39, 0.29) is 23.1 Å². The second-order valence-corrected chi connectivity index (χ2v) is 5.03. The molecule has 2 rings (SSSR count). The van der Waals surface area contributed by atoms with Crippen LogP contribution in [0.5, 0.6) is 0 Å². The Bertz CT molecular complexity index is 853. The van der Waals surface area contributed by atoms with Gasteiger partial charge >= 0.3 is 12.4 Å². The van der Waals surface area contributed by atoms with Crippen LogP contribution >= 0.6 is 0 Å². The molecule has 0 amide bonds. The highest BCUT2D eigenvalue weighted by Gasteiger charge is 2.42. The fraction of sp³-hybridized carbons (Fsp3) is 0.385. The molecule has 6 nitrogen and oxygen atoms in total. The molecule has 0 aliphatic carbocycles. The number of fused-ring (bicyclic) bond motifs is 1. The van der Waals surface area contributed by atoms with E-state index in [1.54, 1.807) is 0 Å². The van der Waals surface area contributed by atoms with E-state index >= 15 is 0 Å². The molecule has 0 N–H and O–H groups in total. The lowest BCUT2D eigenvalue weighted by molar-refractivity contribution is -0.383. The van der Waals surface area contributed by atoms with E-state index in [0.717, 1.165) is 0 Å². The van der Waals surface area contributed by atoms with Crippen molar-refractivity contribution in [3.05, 3.63) is 33.6 Å². The smallest absolute Gasteiger partial charge is 0.274 e. The molecule has 12 heteroatoms. The molecule has 0 bridgehead atoms. The number of aromatic nitrogens is 2. The molecular formula is C13H9F6N3O3. The first-order valence-electron chi connectivity index (χ1n) is 6.76. The van der Waals surface area contributed by atoms with Crippen molar-refractivity contribution in [3.8, 4) is 0 Å². The van der Waals surface area contributed by atoms with Crippen molar-refractivity contribution < 1.29 is 36.1 Å². The van der Waals surface area contributed by atoms with Gasteiger partial charge in [0.25, 0.3) is 5.69 Å². The molecule has 0 saturated carbocycles. The summed E-state index contributed by atoms with van der Waals surface area (Å²) in [5, 5.41) is 11.1. The Morgan fingerprint density at radius 1 is 1.20 bits per heavy atom. The van der Waals surface area contributed by atoms with Gasteiger partial charge in [-0.15, -0.1) is 0 Å². The topological polar surface area (TPSA) is 78.0 Å². The first kappa shape index (κ1) is 18.7. The standard InChI is InChI=1S/C13H9F6N3O3/c1-2-3-9(23)21-10-7(20-11(21)13(17,18)19)4-6(12(14,15)16)5-8(10)22(24)25/h4-5H,2-3H2,1H3. The summed E-state index contributed by atoms with van der Waals surface area (Å²) >= 11 is 0. The van der Waals surface area contributed by atoms with Crippen LogP contribution in [0, 0.1) is 10.1 Å². The second-order valence-electron chi connectivity index (χ2n) is 5.03. The summed E-state index contributed by atoms with van der Waals surface area (Å²) in [6.07, 6.45) is -10.5. The summed E-state index contributed by atoms with van der Waals surface area (Å²) in [5.74, 6) is -2.96. The van der Waals surface area contributed by atoms with Gasteiger partial charge in [-0.1, -0.05) is 6.92 Å². The van der Waals surface area contributed by atoms with E-state index in [9.17, 15) is 41.3 Å². The van der Waals surface area contributed by atoms with Crippen LogP contribution in [0.3, 0.4) is 0 Å². The summed E-state index contributed by atoms with van der Waals surface area (Å²) in [6, 6.07) is 0.327. The molecule has 1 heterocycles. The number of nitrogens with zero attached hydrogens (tertiary/aromatic N) is 3. The third-order valence-electron chi connectivity index (χ3n) is 3.22. The minimum Gasteiger partial charge on any atom is -0.274 e. The number of non-ortho nitro benzene ring substituents is 1. The van der Waals surface area contributed by atoms with E-state index in [0.29, 0.717) is 0 Å². The van der Waals surface area contributed by atoms with Crippen LogP contribution in [0.15, 0.2) is 12.1 Å². The van der Waals surface area contributed by atoms with Crippen molar-refractivity contribution in [3.63, 3.8) is 0 Å². The highest BCUT2D eigenvalue weighted by Crippen LogP contribution is 2.39. The van der Waals surface area contributed by atoms with Gasteiger partial charge in [-0.25, -0.2) is 4.98 Å². The molecule has 25 heavy (non-hydrogen) atoms. The molecule has 0 aliphatic rings. The Morgan fingerprint density at radius 3 is 2.24 bits per heavy atom. The predicted octanol–water partition coefficient (Wildman–Crippen LogP) is 4.42. The average molecular weight is 369 g/mol. The normalized spacial score (nSPS) is 12.6. The highest BCUT2D eigenvalue weighted by molar-refractivity contribution is 5.96. The zero-order chi connectivity index (χ0) is 19.2. The summed E-state index contributed by atoms with van der Waals surface area (Å²) in [6.45, 7) is 1.49. The number of hydrogen-bond donors (Lipinski definition) is 0. The minimum absolute atomic E-state index is 0.0306. The molecule has 0 atom stereocenters. The van der Waals surface area contributed by atoms with Gasteiger partial charge in [-0.2, -0.15) is 26.3 Å². The van der Waals surface area contributed by atoms with Crippen LogP contribution in [0.25, 0.3) is 11.0 Å². The van der Waals surface area contributed by atoms with Crippen LogP contribution in [0.1, 0.15) is 35.9 Å². The van der Waals surface area contributed by atoms with Crippen molar-refractivity contribution in [1.82, 2.24) is 9.55 Å². The van der Waals surface area contributed by atoms with Gasteiger partial charge in [0.15, 0.2) is 5.52 Å². The van der Waals surface area contributed by atoms with Crippen molar-refractivity contribution >= 4 is 22.6 Å². The monoisotopic (exact) mass is 369 g/mol. The largest absolute Gasteiger partial charge is 0.450 e. The number of carbonyl (C=O) groups is 1. The number of rotatable bonds is 3. The van der Waals surface area contributed by atoms with Crippen molar-refractivity contribution in [1.29, 1.82) is 0 Å². The Balaban J connectivity index is 2.96. The number of nitro benzene ring substituents is 1. The third kappa shape index (κ3) is 3.42. The predicted molar refractivity (Wildman–Crippen MR) is 71.9 cm³/mol. The molecule has 0 fully saturated rings. The van der Waals surface area contributed by atoms with Crippen LogP contribution < -0.4 is 0 Å². The van der Waals surface area contributed by atoms with E-state index < -0.39 is 57.7 Å². The van der Waals surface area contributed by atoms with E-state index in [1.807, 2.05) is 0 Å². The van der Waals surface area contributed by atoms with Gasteiger partial charge in [-0.05, 0) is 12.5 Å². The molecule has 0 unspecified atom stereocenters. The van der Waals surface area contributed by atoms with Crippen LogP contribution in [-0.2, 0) is 12.4 Å². The first-order valence-corrected chi connectivity index (χ1v) is 6.76. The molecule has 1 aromatic heterocycles. The maximum Gasteiger partial charge on any atom is 0.450 e. The molecule has 2 aromatic rings. The summed E-state index contributed by atoms with van der Waals surface area (Å²) in [4.78, 5) is 24.8. The van der Waals surface area contributed by atoms with Crippen LogP contribution in [-0.4, -0.2) is 20.4 Å². The van der Waals surface area contributed by atoms with Crippen molar-refractivity contribution in [2.45, 2.75) is 32.1 Å². The number of halogens is 6. The number of imidazole rings is 1. The van der Waals surface area contributed by atoms with Crippen molar-refractivity contribution in [2.75, 3.05) is 0 Å². The molecule has 136 valence electrons. The van der Waals surface area contributed by atoms with Gasteiger partial charge in [0.05, 0.1) is 16.0 Å². The number of carbonyl (C=O) groups excluding carboxylic acids is 1. The Labute approximate surface area is 135 Å². The SMILES string of the molecule is CCCC(=O)n1c(C(F)(F)F)nc2cc(C(F)(F)F)cc([N+](=O)[O-])c21. The fourth-order valence-electron chi connectivity index (χ4n) is 2.25. The van der Waals surface area contributed by atoms with E-state index in [2.05, 4.69) is 4.98 Å². The zero-order valence-corrected chi connectivity index (χ0v) is 12.4. The Kier molecular flexibility index (Phi) is 4.49. The van der Waals surface area contributed by atoms with E-state index in [1.165, 1.54) is 6.92 Å². The summed E-state index contributed by atoms with van der Waals surface area (Å²) < 4.78 is 77.9. The van der Waals surface area contributed by atoms with Crippen LogP contribution in [0.4, 0.5) is 32.0 Å². The van der Waals surface area contributed by atoms with E-state index in [4.69, 9.17) is 0 Å². The summed E-state index contributed by atoms with van der Waals surface area (Å²) in [7, 11) is 0. The number of benzene rings is 1. The molecule has 1 aromatic carbocycles. The van der Waals surface area contributed by atoms with Gasteiger partial charge < -0.3 is 0 Å². The third-order valence-corrected chi connectivity index (χ3v) is 3.22. The summed E-state index contributed by atoms with van der Waals surface area (Å²) in [5.41, 5.74) is -4.66. The second kappa shape index (κ2) is 6.01. The van der Waals surface area contributed by atoms with Crippen molar-refractivity contribution in [2.24, 2.45) is 0 Å². The molecule has 0 saturated heterocycles. The quantitative estimate of drug-likeness (QED) is 0.456. The molecule has 0 radical (unpaired) electrons. The lowest BCUT2D eigenvalue weighted by atomic mass is 10.1. The molecular weight excluding hydrogens is 360 g/mol. The zero-order valence-electron chi connectivity index (χ0n) is 12.4.